The highest BCUT2D eigenvalue weighted by atomic mass is 16.3. The fourth-order valence-electron chi connectivity index (χ4n) is 3.08. The minimum absolute atomic E-state index is 0.945. The summed E-state index contributed by atoms with van der Waals surface area (Å²) in [6.45, 7) is 4.26. The molecule has 0 amide bonds. The molecule has 0 fully saturated rings. The van der Waals surface area contributed by atoms with Gasteiger partial charge in [-0.25, -0.2) is 0 Å². The molecule has 0 aliphatic carbocycles. The Morgan fingerprint density at radius 3 is 1.91 bits per heavy atom. The molecule has 0 unspecified atom stereocenters. The molecular weight excluding hydrogens is 280 g/mol. The summed E-state index contributed by atoms with van der Waals surface area (Å²) < 4.78 is 6.35. The number of benzene rings is 3. The van der Waals surface area contributed by atoms with Crippen LogP contribution in [0.3, 0.4) is 0 Å². The third-order valence-corrected chi connectivity index (χ3v) is 4.48. The predicted molar refractivity (Wildman–Crippen MR) is 96.6 cm³/mol. The first-order chi connectivity index (χ1) is 11.3. The molecule has 0 spiro atoms. The molecule has 0 saturated carbocycles. The van der Waals surface area contributed by atoms with E-state index in [1.165, 1.54) is 27.6 Å². The zero-order valence-electron chi connectivity index (χ0n) is 13.3. The third-order valence-electron chi connectivity index (χ3n) is 4.48. The van der Waals surface area contributed by atoms with Crippen molar-refractivity contribution in [3.8, 4) is 22.5 Å². The highest BCUT2D eigenvalue weighted by Crippen LogP contribution is 2.42. The van der Waals surface area contributed by atoms with Crippen molar-refractivity contribution in [2.24, 2.45) is 0 Å². The number of furan rings is 1. The molecule has 0 N–H and O–H groups in total. The summed E-state index contributed by atoms with van der Waals surface area (Å²) in [6.07, 6.45) is 0. The largest absolute Gasteiger partial charge is 0.455 e. The van der Waals surface area contributed by atoms with E-state index in [1.54, 1.807) is 0 Å². The Kier molecular flexibility index (Phi) is 3.27. The number of hydrogen-bond acceptors (Lipinski definition) is 1. The maximum Gasteiger partial charge on any atom is 0.143 e. The lowest BCUT2D eigenvalue weighted by atomic mass is 9.97. The first-order valence-corrected chi connectivity index (χ1v) is 7.89. The van der Waals surface area contributed by atoms with Crippen molar-refractivity contribution in [2.75, 3.05) is 0 Å². The van der Waals surface area contributed by atoms with Gasteiger partial charge in [-0.3, -0.25) is 0 Å². The lowest BCUT2D eigenvalue weighted by molar-refractivity contribution is 0.629. The van der Waals surface area contributed by atoms with Gasteiger partial charge < -0.3 is 4.42 Å². The SMILES string of the molecule is Cc1ccc2c(-c3ccccc3)c(-c3ccccc3)oc2c1C. The van der Waals surface area contributed by atoms with Crippen LogP contribution in [0.1, 0.15) is 11.1 Å². The normalized spacial score (nSPS) is 11.0. The average Bonchev–Trinajstić information content (AvgIpc) is 3.00. The molecule has 4 aromatic rings. The van der Waals surface area contributed by atoms with Gasteiger partial charge in [-0.05, 0) is 30.5 Å². The van der Waals surface area contributed by atoms with Gasteiger partial charge in [0.2, 0.25) is 0 Å². The lowest BCUT2D eigenvalue weighted by Crippen LogP contribution is -1.82. The van der Waals surface area contributed by atoms with Crippen molar-refractivity contribution in [3.05, 3.63) is 83.9 Å². The molecule has 3 aromatic carbocycles. The Hall–Kier alpha value is -2.80. The smallest absolute Gasteiger partial charge is 0.143 e. The van der Waals surface area contributed by atoms with E-state index in [0.717, 1.165) is 16.9 Å². The van der Waals surface area contributed by atoms with E-state index in [4.69, 9.17) is 4.42 Å². The van der Waals surface area contributed by atoms with Crippen molar-refractivity contribution in [2.45, 2.75) is 13.8 Å². The van der Waals surface area contributed by atoms with E-state index in [1.807, 2.05) is 12.1 Å². The van der Waals surface area contributed by atoms with Crippen molar-refractivity contribution in [3.63, 3.8) is 0 Å². The van der Waals surface area contributed by atoms with Gasteiger partial charge in [-0.2, -0.15) is 0 Å². The van der Waals surface area contributed by atoms with Gasteiger partial charge in [-0.15, -0.1) is 0 Å². The summed E-state index contributed by atoms with van der Waals surface area (Å²) in [7, 11) is 0. The molecule has 4 rings (SSSR count). The second-order valence-corrected chi connectivity index (χ2v) is 5.92. The van der Waals surface area contributed by atoms with Gasteiger partial charge in [0.05, 0.1) is 0 Å². The molecule has 1 aromatic heterocycles. The minimum atomic E-state index is 0.945. The van der Waals surface area contributed by atoms with E-state index in [-0.39, 0.29) is 0 Å². The third kappa shape index (κ3) is 2.25. The Bertz CT molecular complexity index is 963. The Balaban J connectivity index is 2.11. The van der Waals surface area contributed by atoms with E-state index >= 15 is 0 Å². The quantitative estimate of drug-likeness (QED) is 0.418. The second kappa shape index (κ2) is 5.44. The number of aryl methyl sites for hydroxylation is 2. The van der Waals surface area contributed by atoms with Crippen LogP contribution in [0.2, 0.25) is 0 Å². The lowest BCUT2D eigenvalue weighted by Gasteiger charge is -2.04. The fourth-order valence-corrected chi connectivity index (χ4v) is 3.08. The first kappa shape index (κ1) is 13.8. The van der Waals surface area contributed by atoms with Gasteiger partial charge in [-0.1, -0.05) is 72.8 Å². The van der Waals surface area contributed by atoms with Gasteiger partial charge >= 0.3 is 0 Å². The van der Waals surface area contributed by atoms with Crippen LogP contribution in [-0.4, -0.2) is 0 Å². The molecule has 0 atom stereocenters. The zero-order valence-corrected chi connectivity index (χ0v) is 13.3. The molecule has 0 aliphatic heterocycles. The van der Waals surface area contributed by atoms with Crippen LogP contribution in [0, 0.1) is 13.8 Å². The van der Waals surface area contributed by atoms with Gasteiger partial charge in [0.25, 0.3) is 0 Å². The first-order valence-electron chi connectivity index (χ1n) is 7.89. The average molecular weight is 298 g/mol. The van der Waals surface area contributed by atoms with Crippen molar-refractivity contribution in [1.29, 1.82) is 0 Å². The summed E-state index contributed by atoms with van der Waals surface area (Å²) >= 11 is 0. The monoisotopic (exact) mass is 298 g/mol. The molecule has 1 nitrogen and oxygen atoms in total. The summed E-state index contributed by atoms with van der Waals surface area (Å²) in [5, 5.41) is 1.18. The number of hydrogen-bond donors (Lipinski definition) is 0. The maximum atomic E-state index is 6.35. The maximum absolute atomic E-state index is 6.35. The molecule has 0 bridgehead atoms. The molecule has 0 radical (unpaired) electrons. The van der Waals surface area contributed by atoms with E-state index in [9.17, 15) is 0 Å². The van der Waals surface area contributed by atoms with Gasteiger partial charge in [0, 0.05) is 16.5 Å². The number of rotatable bonds is 2. The topological polar surface area (TPSA) is 13.1 Å². The summed E-state index contributed by atoms with van der Waals surface area (Å²) in [5.74, 6) is 0.945. The van der Waals surface area contributed by atoms with Crippen LogP contribution < -0.4 is 0 Å². The Morgan fingerprint density at radius 1 is 0.652 bits per heavy atom. The van der Waals surface area contributed by atoms with Gasteiger partial charge in [0.1, 0.15) is 11.3 Å². The predicted octanol–water partition coefficient (Wildman–Crippen LogP) is 6.38. The van der Waals surface area contributed by atoms with Crippen molar-refractivity contribution in [1.82, 2.24) is 0 Å². The molecule has 1 heteroatoms. The standard InChI is InChI=1S/C22H18O/c1-15-13-14-19-20(17-9-5-3-6-10-17)22(23-21(19)16(15)2)18-11-7-4-8-12-18/h3-14H,1-2H3. The molecule has 23 heavy (non-hydrogen) atoms. The van der Waals surface area contributed by atoms with Crippen LogP contribution in [-0.2, 0) is 0 Å². The number of fused-ring (bicyclic) bond motifs is 1. The van der Waals surface area contributed by atoms with Crippen LogP contribution in [0.4, 0.5) is 0 Å². The Labute approximate surface area is 136 Å². The molecule has 112 valence electrons. The molecule has 0 aliphatic rings. The fraction of sp³-hybridized carbons (Fsp3) is 0.0909. The van der Waals surface area contributed by atoms with Crippen LogP contribution in [0.15, 0.2) is 77.2 Å². The van der Waals surface area contributed by atoms with E-state index in [2.05, 4.69) is 74.5 Å². The Morgan fingerprint density at radius 2 is 1.26 bits per heavy atom. The van der Waals surface area contributed by atoms with Crippen LogP contribution in [0.5, 0.6) is 0 Å². The highest BCUT2D eigenvalue weighted by Gasteiger charge is 2.18. The summed E-state index contributed by atoms with van der Waals surface area (Å²) in [5.41, 5.74) is 6.93. The van der Waals surface area contributed by atoms with E-state index < -0.39 is 0 Å². The zero-order chi connectivity index (χ0) is 15.8. The summed E-state index contributed by atoms with van der Waals surface area (Å²) in [4.78, 5) is 0. The van der Waals surface area contributed by atoms with Gasteiger partial charge in [0.15, 0.2) is 0 Å². The van der Waals surface area contributed by atoms with Crippen LogP contribution >= 0.6 is 0 Å². The molecule has 0 saturated heterocycles. The highest BCUT2D eigenvalue weighted by molar-refractivity contribution is 6.03. The minimum Gasteiger partial charge on any atom is -0.455 e. The van der Waals surface area contributed by atoms with Crippen molar-refractivity contribution >= 4 is 11.0 Å². The molecular formula is C22H18O. The van der Waals surface area contributed by atoms with Crippen LogP contribution in [0.25, 0.3) is 33.4 Å². The van der Waals surface area contributed by atoms with E-state index in [0.29, 0.717) is 0 Å². The second-order valence-electron chi connectivity index (χ2n) is 5.92. The summed E-state index contributed by atoms with van der Waals surface area (Å²) in [6, 6.07) is 25.2. The molecule has 1 heterocycles. The van der Waals surface area contributed by atoms with Crippen molar-refractivity contribution < 1.29 is 4.42 Å².